The molecule has 4 heterocycles. The van der Waals surface area contributed by atoms with Gasteiger partial charge in [0.15, 0.2) is 28.8 Å². The number of methoxy groups -OCH3 is 6. The molecule has 0 radical (unpaired) electrons. The molecule has 16 heteroatoms. The zero-order chi connectivity index (χ0) is 41.6. The lowest BCUT2D eigenvalue weighted by Crippen LogP contribution is -2.20. The predicted molar refractivity (Wildman–Crippen MR) is 224 cm³/mol. The van der Waals surface area contributed by atoms with Crippen LogP contribution in [0.2, 0.25) is 5.15 Å². The summed E-state index contributed by atoms with van der Waals surface area (Å²) in [6, 6.07) is 11.1. The van der Waals surface area contributed by atoms with Crippen molar-refractivity contribution in [3.63, 3.8) is 0 Å². The normalized spacial score (nSPS) is 11.7. The summed E-state index contributed by atoms with van der Waals surface area (Å²) in [5.41, 5.74) is 7.68. The van der Waals surface area contributed by atoms with Crippen LogP contribution in [0.5, 0.6) is 34.5 Å². The van der Waals surface area contributed by atoms with E-state index in [2.05, 4.69) is 47.3 Å². The molecule has 5 aromatic rings. The molecule has 3 aromatic heterocycles. The van der Waals surface area contributed by atoms with Crippen LogP contribution in [0.15, 0.2) is 65.1 Å². The third-order valence-corrected chi connectivity index (χ3v) is 9.43. The van der Waals surface area contributed by atoms with Crippen LogP contribution < -0.4 is 38.6 Å². The van der Waals surface area contributed by atoms with E-state index in [1.807, 2.05) is 65.2 Å². The van der Waals surface area contributed by atoms with Crippen LogP contribution in [0, 0.1) is 13.8 Å². The zero-order valence-electron chi connectivity index (χ0n) is 34.7. The number of hydrogen-bond donors (Lipinski definition) is 2. The number of rotatable bonds is 13. The fourth-order valence-corrected chi connectivity index (χ4v) is 5.98. The van der Waals surface area contributed by atoms with E-state index in [0.717, 1.165) is 39.9 Å². The van der Waals surface area contributed by atoms with Gasteiger partial charge in [0.25, 0.3) is 0 Å². The Kier molecular flexibility index (Phi) is 15.9. The van der Waals surface area contributed by atoms with E-state index in [9.17, 15) is 0 Å². The van der Waals surface area contributed by atoms with E-state index >= 15 is 0 Å². The fraction of sp³-hybridized carbons (Fsp3) is 0.366. The third-order valence-electron chi connectivity index (χ3n) is 9.22. The summed E-state index contributed by atoms with van der Waals surface area (Å²) >= 11 is 5.86. The summed E-state index contributed by atoms with van der Waals surface area (Å²) in [5.74, 6) is 6.69. The Hall–Kier alpha value is -6.09. The van der Waals surface area contributed by atoms with Crippen molar-refractivity contribution >= 4 is 28.9 Å². The Morgan fingerprint density at radius 2 is 1.21 bits per heavy atom. The average molecular weight is 802 g/mol. The number of nitrogens with one attached hydrogen (secondary N) is 2. The van der Waals surface area contributed by atoms with Crippen LogP contribution in [0.25, 0.3) is 0 Å². The summed E-state index contributed by atoms with van der Waals surface area (Å²) in [6.45, 7) is 8.84. The lowest BCUT2D eigenvalue weighted by atomic mass is 10.1. The molecule has 57 heavy (non-hydrogen) atoms. The highest BCUT2D eigenvalue weighted by molar-refractivity contribution is 6.29. The minimum Gasteiger partial charge on any atom is -0.493 e. The maximum atomic E-state index is 5.86. The van der Waals surface area contributed by atoms with Crippen molar-refractivity contribution in [2.75, 3.05) is 73.5 Å². The predicted octanol–water partition coefficient (Wildman–Crippen LogP) is 7.09. The molecule has 2 N–H and O–H groups in total. The molecule has 0 fully saturated rings. The summed E-state index contributed by atoms with van der Waals surface area (Å²) in [7, 11) is 13.4. The van der Waals surface area contributed by atoms with Crippen molar-refractivity contribution in [3.05, 3.63) is 99.2 Å². The number of nitrogens with zero attached hydrogens (tertiary/aromatic N) is 7. The first-order valence-electron chi connectivity index (χ1n) is 17.9. The van der Waals surface area contributed by atoms with Gasteiger partial charge in [-0.05, 0) is 80.8 Å². The maximum absolute atomic E-state index is 5.86. The SMILES string of the molecule is CNc1n[nH]c(C)c1C.COc1cc(Cc2nccc(Cl)n2)cc(OC)c1OC.COc1cc(Cc2nccc(N(C)C3=C(C)C(C)=NC3)n2)cc(OC)c1OC. The average Bonchev–Trinajstić information content (AvgIpc) is 3.74. The minimum atomic E-state index is 0.419. The number of hydrogen-bond acceptors (Lipinski definition) is 14. The number of allylic oxidation sites excluding steroid dienone is 1. The molecule has 0 amide bonds. The standard InChI is InChI=1S/C21H26N4O3.C14H15ClN2O3.C6H11N3/c1-13-14(2)23-12-16(13)25(3)20-7-8-22-19(24-20)11-15-9-17(26-4)21(28-6)18(10-15)27-5;1-18-10-6-9(7-11(19-2)14(10)20-3)8-13-16-5-4-12(15)17-13;1-4-5(2)8-9-6(4)7-3/h7-10H,11-12H2,1-6H3;4-7H,8H2,1-3H3;1-3H3,(H2,7,8,9). The molecule has 0 spiro atoms. The monoisotopic (exact) mass is 801 g/mol. The van der Waals surface area contributed by atoms with Gasteiger partial charge in [0.05, 0.1) is 49.2 Å². The fourth-order valence-electron chi connectivity index (χ4n) is 5.82. The van der Waals surface area contributed by atoms with E-state index in [-0.39, 0.29) is 0 Å². The molecule has 0 saturated carbocycles. The molecule has 0 bridgehead atoms. The van der Waals surface area contributed by atoms with E-state index in [1.54, 1.807) is 61.1 Å². The molecule has 1 aliphatic heterocycles. The van der Waals surface area contributed by atoms with Crippen molar-refractivity contribution < 1.29 is 28.4 Å². The number of aryl methyl sites for hydroxylation is 1. The molecule has 0 atom stereocenters. The van der Waals surface area contributed by atoms with Crippen molar-refractivity contribution in [2.45, 2.75) is 40.5 Å². The second kappa shape index (κ2) is 20.7. The number of H-pyrrole nitrogens is 1. The molecule has 0 unspecified atom stereocenters. The summed E-state index contributed by atoms with van der Waals surface area (Å²) in [5, 5.41) is 10.3. The zero-order valence-corrected chi connectivity index (χ0v) is 35.5. The summed E-state index contributed by atoms with van der Waals surface area (Å²) in [6.07, 6.45) is 4.48. The van der Waals surface area contributed by atoms with Gasteiger partial charge in [-0.25, -0.2) is 19.9 Å². The molecule has 0 saturated heterocycles. The van der Waals surface area contributed by atoms with Gasteiger partial charge in [0.1, 0.15) is 22.6 Å². The highest BCUT2D eigenvalue weighted by atomic mass is 35.5. The third kappa shape index (κ3) is 11.0. The maximum Gasteiger partial charge on any atom is 0.203 e. The molecule has 0 aliphatic carbocycles. The topological polar surface area (TPSA) is 163 Å². The first-order chi connectivity index (χ1) is 27.4. The first kappa shape index (κ1) is 43.6. The molecular weight excluding hydrogens is 750 g/mol. The molecule has 1 aliphatic rings. The Morgan fingerprint density at radius 3 is 1.58 bits per heavy atom. The van der Waals surface area contributed by atoms with Gasteiger partial charge in [-0.1, -0.05) is 11.6 Å². The molecular formula is C41H52ClN9O6. The number of halogens is 1. The van der Waals surface area contributed by atoms with E-state index in [1.165, 1.54) is 11.1 Å². The van der Waals surface area contributed by atoms with Gasteiger partial charge in [0, 0.05) is 62.0 Å². The van der Waals surface area contributed by atoms with Crippen LogP contribution in [0.3, 0.4) is 0 Å². The van der Waals surface area contributed by atoms with Gasteiger partial charge in [0.2, 0.25) is 11.5 Å². The quantitative estimate of drug-likeness (QED) is 0.116. The second-order valence-electron chi connectivity index (χ2n) is 12.7. The van der Waals surface area contributed by atoms with E-state index < -0.39 is 0 Å². The van der Waals surface area contributed by atoms with Crippen LogP contribution in [0.4, 0.5) is 11.6 Å². The molecule has 15 nitrogen and oxygen atoms in total. The molecule has 2 aromatic carbocycles. The smallest absolute Gasteiger partial charge is 0.203 e. The second-order valence-corrected chi connectivity index (χ2v) is 13.0. The Labute approximate surface area is 339 Å². The number of aromatic nitrogens is 6. The van der Waals surface area contributed by atoms with Gasteiger partial charge in [-0.2, -0.15) is 5.10 Å². The molecule has 6 rings (SSSR count). The van der Waals surface area contributed by atoms with Crippen molar-refractivity contribution in [1.82, 2.24) is 30.1 Å². The summed E-state index contributed by atoms with van der Waals surface area (Å²) < 4.78 is 32.2. The van der Waals surface area contributed by atoms with Gasteiger partial charge in [-0.15, -0.1) is 0 Å². The minimum absolute atomic E-state index is 0.419. The largest absolute Gasteiger partial charge is 0.493 e. The number of anilines is 2. The first-order valence-corrected chi connectivity index (χ1v) is 18.3. The number of likely N-dealkylation sites (N-methyl/N-ethyl adjacent to an activating group) is 1. The van der Waals surface area contributed by atoms with Crippen molar-refractivity contribution in [2.24, 2.45) is 4.99 Å². The van der Waals surface area contributed by atoms with Crippen LogP contribution >= 0.6 is 11.6 Å². The highest BCUT2D eigenvalue weighted by Gasteiger charge is 2.19. The number of ether oxygens (including phenoxy) is 6. The van der Waals surface area contributed by atoms with Gasteiger partial charge < -0.3 is 38.6 Å². The highest BCUT2D eigenvalue weighted by Crippen LogP contribution is 2.39. The van der Waals surface area contributed by atoms with Crippen molar-refractivity contribution in [1.29, 1.82) is 0 Å². The molecule has 304 valence electrons. The lowest BCUT2D eigenvalue weighted by Gasteiger charge is -2.20. The number of benzene rings is 2. The Bertz CT molecular complexity index is 2140. The summed E-state index contributed by atoms with van der Waals surface area (Å²) in [4.78, 5) is 24.1. The van der Waals surface area contributed by atoms with Crippen LogP contribution in [-0.4, -0.2) is 99.1 Å². The van der Waals surface area contributed by atoms with E-state index in [0.29, 0.717) is 70.7 Å². The van der Waals surface area contributed by atoms with Gasteiger partial charge in [-0.3, -0.25) is 10.1 Å². The van der Waals surface area contributed by atoms with Crippen LogP contribution in [-0.2, 0) is 12.8 Å². The van der Waals surface area contributed by atoms with Crippen LogP contribution in [0.1, 0.15) is 47.9 Å². The lowest BCUT2D eigenvalue weighted by molar-refractivity contribution is 0.324. The van der Waals surface area contributed by atoms with E-state index in [4.69, 9.17) is 45.0 Å². The number of aromatic amines is 1. The Balaban J connectivity index is 0.000000215. The Morgan fingerprint density at radius 1 is 0.719 bits per heavy atom. The van der Waals surface area contributed by atoms with Crippen molar-refractivity contribution in [3.8, 4) is 34.5 Å². The number of aliphatic imine (C=N–C) groups is 1. The van der Waals surface area contributed by atoms with Gasteiger partial charge >= 0.3 is 0 Å².